The summed E-state index contributed by atoms with van der Waals surface area (Å²) in [5, 5.41) is 0. The summed E-state index contributed by atoms with van der Waals surface area (Å²) in [6.45, 7) is 0. The van der Waals surface area contributed by atoms with Gasteiger partial charge in [-0.1, -0.05) is 16.1 Å². The van der Waals surface area contributed by atoms with Crippen LogP contribution in [0.2, 0.25) is 0 Å². The van der Waals surface area contributed by atoms with Gasteiger partial charge in [-0.3, -0.25) is 0 Å². The standard InChI is InChI=1S/C10H9NO2S2/c1-3-8(13-2)7-4-5-9-10(6-7)15(12)11-14-9/h1,4-6,8,11H,2H3. The van der Waals surface area contributed by atoms with E-state index in [2.05, 4.69) is 10.0 Å². The molecule has 1 N–H and O–H groups in total. The highest BCUT2D eigenvalue weighted by Crippen LogP contribution is 2.34. The van der Waals surface area contributed by atoms with Crippen molar-refractivity contribution in [3.8, 4) is 12.3 Å². The van der Waals surface area contributed by atoms with Crippen molar-refractivity contribution in [2.75, 3.05) is 7.11 Å². The van der Waals surface area contributed by atoms with Crippen LogP contribution < -0.4 is 4.13 Å². The Labute approximate surface area is 96.0 Å². The van der Waals surface area contributed by atoms with Gasteiger partial charge in [0.2, 0.25) is 0 Å². The van der Waals surface area contributed by atoms with Gasteiger partial charge in [-0.2, -0.15) is 0 Å². The van der Waals surface area contributed by atoms with Gasteiger partial charge < -0.3 is 9.29 Å². The lowest BCUT2D eigenvalue weighted by Gasteiger charge is -2.09. The van der Waals surface area contributed by atoms with E-state index in [4.69, 9.17) is 11.2 Å². The zero-order chi connectivity index (χ0) is 10.8. The predicted molar refractivity (Wildman–Crippen MR) is 60.4 cm³/mol. The zero-order valence-electron chi connectivity index (χ0n) is 8.02. The first-order valence-electron chi connectivity index (χ1n) is 4.23. The lowest BCUT2D eigenvalue weighted by Crippen LogP contribution is -2.10. The fourth-order valence-electron chi connectivity index (χ4n) is 1.34. The summed E-state index contributed by atoms with van der Waals surface area (Å²) in [5.74, 6) is 2.53. The summed E-state index contributed by atoms with van der Waals surface area (Å²) >= 11 is 0.229. The van der Waals surface area contributed by atoms with E-state index in [1.807, 2.05) is 18.2 Å². The topological polar surface area (TPSA) is 44.3 Å². The number of hydrogen-bond donors (Lipinski definition) is 1. The van der Waals surface area contributed by atoms with E-state index < -0.39 is 11.4 Å². The molecule has 1 aromatic rings. The van der Waals surface area contributed by atoms with Crippen LogP contribution in [-0.4, -0.2) is 11.7 Å². The largest absolute Gasteiger partial charge is 0.592 e. The van der Waals surface area contributed by atoms with Crippen molar-refractivity contribution in [2.45, 2.75) is 15.9 Å². The van der Waals surface area contributed by atoms with Gasteiger partial charge in [0, 0.05) is 25.1 Å². The molecule has 0 saturated heterocycles. The summed E-state index contributed by atoms with van der Waals surface area (Å²) in [7, 11) is 1.56. The fraction of sp³-hybridized carbons (Fsp3) is 0.200. The van der Waals surface area contributed by atoms with E-state index in [1.54, 1.807) is 7.11 Å². The lowest BCUT2D eigenvalue weighted by atomic mass is 10.1. The highest BCUT2D eigenvalue weighted by Gasteiger charge is 2.27. The Hall–Kier alpha value is -0.640. The minimum atomic E-state index is -1.14. The number of terminal acetylenes is 1. The van der Waals surface area contributed by atoms with Gasteiger partial charge >= 0.3 is 0 Å². The molecule has 0 aliphatic carbocycles. The van der Waals surface area contributed by atoms with Crippen molar-refractivity contribution in [1.29, 1.82) is 0 Å². The molecule has 5 heteroatoms. The van der Waals surface area contributed by atoms with Crippen molar-refractivity contribution in [3.63, 3.8) is 0 Å². The molecule has 0 amide bonds. The van der Waals surface area contributed by atoms with Gasteiger partial charge in [0.1, 0.15) is 6.10 Å². The SMILES string of the molecule is C#CC(OC)c1ccc2c(c1)[S+]([O-])NS2. The summed E-state index contributed by atoms with van der Waals surface area (Å²) in [4.78, 5) is 1.75. The van der Waals surface area contributed by atoms with Crippen LogP contribution >= 0.6 is 11.9 Å². The van der Waals surface area contributed by atoms with Gasteiger partial charge in [-0.15, -0.1) is 6.42 Å². The Bertz CT molecular complexity index is 416. The zero-order valence-corrected chi connectivity index (χ0v) is 9.65. The number of nitrogens with one attached hydrogen (secondary N) is 1. The number of fused-ring (bicyclic) bond motifs is 1. The number of rotatable bonds is 2. The van der Waals surface area contributed by atoms with Gasteiger partial charge in [-0.25, -0.2) is 0 Å². The molecule has 1 heterocycles. The normalized spacial score (nSPS) is 20.7. The van der Waals surface area contributed by atoms with Gasteiger partial charge in [-0.05, 0) is 11.6 Å². The predicted octanol–water partition coefficient (Wildman–Crippen LogP) is 1.64. The molecule has 0 fully saturated rings. The van der Waals surface area contributed by atoms with Crippen molar-refractivity contribution in [3.05, 3.63) is 23.8 Å². The molecule has 1 aliphatic heterocycles. The van der Waals surface area contributed by atoms with Gasteiger partial charge in [0.15, 0.2) is 4.90 Å². The quantitative estimate of drug-likeness (QED) is 0.484. The van der Waals surface area contributed by atoms with E-state index in [1.165, 1.54) is 11.9 Å². The molecule has 0 radical (unpaired) electrons. The Morgan fingerprint density at radius 2 is 2.47 bits per heavy atom. The summed E-state index contributed by atoms with van der Waals surface area (Å²) in [6.07, 6.45) is 4.95. The first kappa shape index (κ1) is 10.9. The molecule has 15 heavy (non-hydrogen) atoms. The van der Waals surface area contributed by atoms with E-state index >= 15 is 0 Å². The van der Waals surface area contributed by atoms with Gasteiger partial charge in [0.05, 0.1) is 16.3 Å². The second-order valence-corrected chi connectivity index (χ2v) is 5.23. The maximum absolute atomic E-state index is 11.5. The first-order chi connectivity index (χ1) is 7.26. The van der Waals surface area contributed by atoms with Crippen molar-refractivity contribution < 1.29 is 9.29 Å². The monoisotopic (exact) mass is 239 g/mol. The molecule has 1 aliphatic rings. The first-order valence-corrected chi connectivity index (χ1v) is 6.20. The van der Waals surface area contributed by atoms with Crippen LogP contribution in [0.25, 0.3) is 0 Å². The molecule has 0 bridgehead atoms. The number of ether oxygens (including phenoxy) is 1. The fourth-order valence-corrected chi connectivity index (χ4v) is 3.51. The molecule has 2 rings (SSSR count). The molecule has 78 valence electrons. The summed E-state index contributed by atoms with van der Waals surface area (Å²) in [6, 6.07) is 5.62. The van der Waals surface area contributed by atoms with Crippen LogP contribution in [0.3, 0.4) is 0 Å². The van der Waals surface area contributed by atoms with Crippen molar-refractivity contribution >= 4 is 23.3 Å². The lowest BCUT2D eigenvalue weighted by molar-refractivity contribution is 0.150. The highest BCUT2D eigenvalue weighted by molar-refractivity contribution is 8.11. The average molecular weight is 239 g/mol. The van der Waals surface area contributed by atoms with Crippen LogP contribution in [0.1, 0.15) is 11.7 Å². The summed E-state index contributed by atoms with van der Waals surface area (Å²) in [5.41, 5.74) is 0.858. The van der Waals surface area contributed by atoms with Crippen molar-refractivity contribution in [1.82, 2.24) is 4.13 Å². The maximum Gasteiger partial charge on any atom is 0.190 e. The third-order valence-electron chi connectivity index (χ3n) is 2.08. The van der Waals surface area contributed by atoms with Crippen LogP contribution in [-0.2, 0) is 16.1 Å². The van der Waals surface area contributed by atoms with Crippen LogP contribution in [0.5, 0.6) is 0 Å². The Kier molecular flexibility index (Phi) is 3.24. The second kappa shape index (κ2) is 4.47. The van der Waals surface area contributed by atoms with Crippen LogP contribution in [0, 0.1) is 12.3 Å². The third-order valence-corrected chi connectivity index (χ3v) is 4.47. The maximum atomic E-state index is 11.5. The minimum Gasteiger partial charge on any atom is -0.592 e. The molecule has 2 atom stereocenters. The molecular formula is C10H9NO2S2. The smallest absolute Gasteiger partial charge is 0.190 e. The van der Waals surface area contributed by atoms with E-state index in [0.29, 0.717) is 0 Å². The Morgan fingerprint density at radius 1 is 1.67 bits per heavy atom. The number of hydrogen-bond acceptors (Lipinski definition) is 4. The van der Waals surface area contributed by atoms with Crippen molar-refractivity contribution in [2.24, 2.45) is 0 Å². The molecule has 1 aromatic carbocycles. The molecule has 0 spiro atoms. The number of methoxy groups -OCH3 is 1. The van der Waals surface area contributed by atoms with E-state index in [-0.39, 0.29) is 6.10 Å². The third kappa shape index (κ3) is 2.00. The van der Waals surface area contributed by atoms with Gasteiger partial charge in [0.25, 0.3) is 0 Å². The van der Waals surface area contributed by atoms with E-state index in [9.17, 15) is 4.55 Å². The molecule has 3 nitrogen and oxygen atoms in total. The average Bonchev–Trinajstić information content (AvgIpc) is 2.62. The van der Waals surface area contributed by atoms with E-state index in [0.717, 1.165) is 15.4 Å². The highest BCUT2D eigenvalue weighted by atomic mass is 32.3. The minimum absolute atomic E-state index is 0.377. The Balaban J connectivity index is 2.37. The Morgan fingerprint density at radius 3 is 3.13 bits per heavy atom. The molecule has 0 saturated carbocycles. The van der Waals surface area contributed by atoms with Crippen LogP contribution in [0.4, 0.5) is 0 Å². The summed E-state index contributed by atoms with van der Waals surface area (Å²) < 4.78 is 19.4. The number of benzene rings is 1. The molecule has 0 aromatic heterocycles. The second-order valence-electron chi connectivity index (χ2n) is 2.94. The molecule has 2 unspecified atom stereocenters. The molecular weight excluding hydrogens is 230 g/mol. The van der Waals surface area contributed by atoms with Crippen LogP contribution in [0.15, 0.2) is 28.0 Å².